The molecular formula is C32H36N6O6. The average Bonchev–Trinajstić information content (AvgIpc) is 3.69. The lowest BCUT2D eigenvalue weighted by Gasteiger charge is -2.29. The number of para-hydroxylation sites is 1. The van der Waals surface area contributed by atoms with Gasteiger partial charge >= 0.3 is 0 Å². The molecule has 0 bridgehead atoms. The first-order chi connectivity index (χ1) is 21.0. The molecule has 4 rings (SSSR count). The third-order valence-electron chi connectivity index (χ3n) is 7.53. The number of H-pyrrole nitrogens is 1. The number of nitrogens with two attached hydrogens (primary N) is 2. The molecule has 8 N–H and O–H groups in total. The molecule has 0 radical (unpaired) electrons. The zero-order chi connectivity index (χ0) is 32.0. The lowest BCUT2D eigenvalue weighted by Crippen LogP contribution is -2.56. The van der Waals surface area contributed by atoms with Crippen LogP contribution >= 0.6 is 0 Å². The van der Waals surface area contributed by atoms with Gasteiger partial charge in [-0.1, -0.05) is 36.9 Å². The summed E-state index contributed by atoms with van der Waals surface area (Å²) in [5, 5.41) is 15.9. The van der Waals surface area contributed by atoms with Gasteiger partial charge in [0.1, 0.15) is 29.6 Å². The van der Waals surface area contributed by atoms with Gasteiger partial charge in [0.05, 0.1) is 12.3 Å². The monoisotopic (exact) mass is 600 g/mol. The van der Waals surface area contributed by atoms with Crippen molar-refractivity contribution in [2.75, 3.05) is 7.05 Å². The minimum absolute atomic E-state index is 0.0836. The number of aromatic amines is 1. The summed E-state index contributed by atoms with van der Waals surface area (Å²) in [5.74, 6) is -2.20. The predicted octanol–water partition coefficient (Wildman–Crippen LogP) is 1.81. The summed E-state index contributed by atoms with van der Waals surface area (Å²) in [6.45, 7) is 5.24. The number of nitrogens with one attached hydrogen (secondary N) is 3. The Balaban J connectivity index is 1.53. The maximum absolute atomic E-state index is 13.7. The van der Waals surface area contributed by atoms with Gasteiger partial charge in [0.15, 0.2) is 0 Å². The average molecular weight is 601 g/mol. The number of furan rings is 1. The number of hydrogen-bond donors (Lipinski definition) is 6. The minimum atomic E-state index is -1.13. The van der Waals surface area contributed by atoms with E-state index in [1.165, 1.54) is 37.3 Å². The first-order valence-corrected chi connectivity index (χ1v) is 13.9. The number of nitrogens with zero attached hydrogens (tertiary/aromatic N) is 1. The normalized spacial score (nSPS) is 13.8. The summed E-state index contributed by atoms with van der Waals surface area (Å²) in [6, 6.07) is 12.9. The van der Waals surface area contributed by atoms with Gasteiger partial charge in [-0.15, -0.1) is 0 Å². The van der Waals surface area contributed by atoms with E-state index in [4.69, 9.17) is 15.9 Å². The summed E-state index contributed by atoms with van der Waals surface area (Å²) in [4.78, 5) is 56.7. The fourth-order valence-electron chi connectivity index (χ4n) is 4.79. The molecule has 0 aliphatic heterocycles. The van der Waals surface area contributed by atoms with E-state index in [-0.39, 0.29) is 29.9 Å². The van der Waals surface area contributed by atoms with E-state index in [1.807, 2.05) is 24.3 Å². The number of fused-ring (bicyclic) bond motifs is 1. The highest BCUT2D eigenvalue weighted by Gasteiger charge is 2.32. The zero-order valence-corrected chi connectivity index (χ0v) is 24.4. The Morgan fingerprint density at radius 2 is 1.70 bits per heavy atom. The largest absolute Gasteiger partial charge is 0.508 e. The number of aromatic nitrogens is 1. The molecule has 12 nitrogen and oxygen atoms in total. The summed E-state index contributed by atoms with van der Waals surface area (Å²) in [6.07, 6.45) is 3.42. The van der Waals surface area contributed by atoms with Crippen LogP contribution in [-0.2, 0) is 32.0 Å². The number of benzene rings is 2. The number of carbonyl (C=O) groups is 4. The summed E-state index contributed by atoms with van der Waals surface area (Å²) in [5.41, 5.74) is 13.9. The van der Waals surface area contributed by atoms with E-state index in [9.17, 15) is 24.3 Å². The molecule has 4 atom stereocenters. The molecule has 4 amide bonds. The molecule has 4 aromatic rings. The third kappa shape index (κ3) is 7.34. The van der Waals surface area contributed by atoms with Crippen molar-refractivity contribution in [1.82, 2.24) is 20.5 Å². The molecule has 0 spiro atoms. The minimum Gasteiger partial charge on any atom is -0.508 e. The molecule has 0 fully saturated rings. The van der Waals surface area contributed by atoms with Crippen LogP contribution in [-0.4, -0.2) is 63.8 Å². The van der Waals surface area contributed by atoms with E-state index in [0.717, 1.165) is 22.0 Å². The number of hydrogen-bond acceptors (Lipinski definition) is 7. The Hall–Kier alpha value is -5.36. The van der Waals surface area contributed by atoms with Gasteiger partial charge < -0.3 is 41.5 Å². The van der Waals surface area contributed by atoms with E-state index in [0.29, 0.717) is 0 Å². The molecule has 2 aromatic heterocycles. The number of likely N-dealkylation sites (N-methyl/N-ethyl adjacent to an activating group) is 1. The van der Waals surface area contributed by atoms with Crippen LogP contribution in [0.4, 0.5) is 0 Å². The van der Waals surface area contributed by atoms with Crippen LogP contribution in [0.3, 0.4) is 0 Å². The standard InChI is InChI=1S/C32H36N6O6/c1-18(29(34)40)28(27-9-6-14-44-27)37-31(42)26(16-21-17-35-25-8-5-4-7-23(21)25)36-30(41)19(2)38(3)32(43)24(33)15-20-10-12-22(39)13-11-20/h4-14,17,19,24,26,28,35,39H,1,15-16,33H2,2-3H3,(H2,34,40)(H,36,41)(H,37,42)/t19-,24+,26+,28?/m1/s1. The Morgan fingerprint density at radius 3 is 2.36 bits per heavy atom. The molecule has 2 heterocycles. The van der Waals surface area contributed by atoms with Crippen molar-refractivity contribution < 1.29 is 28.7 Å². The lowest BCUT2D eigenvalue weighted by atomic mass is 10.0. The SMILES string of the molecule is C=C(C(N)=O)C(NC(=O)[C@H](Cc1c[nH]c2ccccc12)NC(=O)[C@@H](C)N(C)C(=O)[C@@H](N)Cc1ccc(O)cc1)c1ccco1. The van der Waals surface area contributed by atoms with Gasteiger partial charge in [0.25, 0.3) is 0 Å². The van der Waals surface area contributed by atoms with Gasteiger partial charge in [0, 0.05) is 36.1 Å². The van der Waals surface area contributed by atoms with E-state index in [2.05, 4.69) is 22.2 Å². The van der Waals surface area contributed by atoms with E-state index >= 15 is 0 Å². The van der Waals surface area contributed by atoms with Crippen molar-refractivity contribution >= 4 is 34.5 Å². The van der Waals surface area contributed by atoms with Gasteiger partial charge in [-0.05, 0) is 54.8 Å². The highest BCUT2D eigenvalue weighted by atomic mass is 16.3. The second-order valence-electron chi connectivity index (χ2n) is 10.6. The summed E-state index contributed by atoms with van der Waals surface area (Å²) in [7, 11) is 1.46. The molecule has 0 aliphatic carbocycles. The second-order valence-corrected chi connectivity index (χ2v) is 10.6. The highest BCUT2D eigenvalue weighted by molar-refractivity contribution is 5.96. The summed E-state index contributed by atoms with van der Waals surface area (Å²) < 4.78 is 5.41. The number of primary amides is 1. The molecular weight excluding hydrogens is 564 g/mol. The van der Waals surface area contributed by atoms with Crippen LogP contribution in [0.5, 0.6) is 5.75 Å². The fraction of sp³-hybridized carbons (Fsp3) is 0.250. The topological polar surface area (TPSA) is 197 Å². The molecule has 230 valence electrons. The quantitative estimate of drug-likeness (QED) is 0.126. The number of rotatable bonds is 13. The molecule has 0 saturated heterocycles. The maximum atomic E-state index is 13.7. The first-order valence-electron chi connectivity index (χ1n) is 13.9. The molecule has 2 aromatic carbocycles. The van der Waals surface area contributed by atoms with Crippen molar-refractivity contribution in [2.45, 2.75) is 43.9 Å². The molecule has 0 aliphatic rings. The van der Waals surface area contributed by atoms with Crippen LogP contribution in [0.2, 0.25) is 0 Å². The van der Waals surface area contributed by atoms with Crippen molar-refractivity contribution in [3.8, 4) is 5.75 Å². The van der Waals surface area contributed by atoms with Crippen LogP contribution in [0.15, 0.2) is 89.7 Å². The predicted molar refractivity (Wildman–Crippen MR) is 164 cm³/mol. The third-order valence-corrected chi connectivity index (χ3v) is 7.53. The Bertz CT molecular complexity index is 1650. The number of aromatic hydroxyl groups is 1. The first kappa shape index (κ1) is 31.6. The number of amides is 4. The lowest BCUT2D eigenvalue weighted by molar-refractivity contribution is -0.140. The Kier molecular flexibility index (Phi) is 9.86. The van der Waals surface area contributed by atoms with Crippen molar-refractivity contribution in [1.29, 1.82) is 0 Å². The molecule has 44 heavy (non-hydrogen) atoms. The van der Waals surface area contributed by atoms with Gasteiger partial charge in [0.2, 0.25) is 23.6 Å². The smallest absolute Gasteiger partial charge is 0.246 e. The Labute approximate surface area is 254 Å². The van der Waals surface area contributed by atoms with E-state index < -0.39 is 47.8 Å². The van der Waals surface area contributed by atoms with Crippen LogP contribution in [0.25, 0.3) is 10.9 Å². The van der Waals surface area contributed by atoms with Crippen LogP contribution < -0.4 is 22.1 Å². The molecule has 1 unspecified atom stereocenters. The van der Waals surface area contributed by atoms with Crippen LogP contribution in [0.1, 0.15) is 29.9 Å². The van der Waals surface area contributed by atoms with Crippen molar-refractivity contribution in [2.24, 2.45) is 11.5 Å². The number of phenols is 1. The molecule has 12 heteroatoms. The zero-order valence-electron chi connectivity index (χ0n) is 24.4. The van der Waals surface area contributed by atoms with Crippen molar-refractivity contribution in [3.63, 3.8) is 0 Å². The van der Waals surface area contributed by atoms with Crippen LogP contribution in [0, 0.1) is 0 Å². The Morgan fingerprint density at radius 1 is 1.00 bits per heavy atom. The second kappa shape index (κ2) is 13.7. The molecule has 0 saturated carbocycles. The maximum Gasteiger partial charge on any atom is 0.246 e. The summed E-state index contributed by atoms with van der Waals surface area (Å²) >= 11 is 0. The fourth-order valence-corrected chi connectivity index (χ4v) is 4.79. The van der Waals surface area contributed by atoms with Crippen molar-refractivity contribution in [3.05, 3.63) is 102 Å². The van der Waals surface area contributed by atoms with Gasteiger partial charge in [-0.25, -0.2) is 0 Å². The van der Waals surface area contributed by atoms with E-state index in [1.54, 1.807) is 30.5 Å². The highest BCUT2D eigenvalue weighted by Crippen LogP contribution is 2.23. The number of phenolic OH excluding ortho intramolecular Hbond substituents is 1. The number of carbonyl (C=O) groups excluding carboxylic acids is 4. The van der Waals surface area contributed by atoms with Gasteiger partial charge in [-0.3, -0.25) is 19.2 Å². The van der Waals surface area contributed by atoms with Gasteiger partial charge in [-0.2, -0.15) is 0 Å².